The predicted molar refractivity (Wildman–Crippen MR) is 93.0 cm³/mol. The van der Waals surface area contributed by atoms with Crippen LogP contribution in [0.4, 0.5) is 0 Å². The van der Waals surface area contributed by atoms with E-state index in [1.165, 1.54) is 12.8 Å². The molecule has 1 aliphatic carbocycles. The second kappa shape index (κ2) is 6.73. The Morgan fingerprint density at radius 1 is 1.35 bits per heavy atom. The number of carbonyl (C=O) groups is 1. The number of carbonyl (C=O) groups excluding carboxylic acids is 1. The fraction of sp³-hybridized carbons (Fsp3) is 0.579. The number of rotatable bonds is 4. The summed E-state index contributed by atoms with van der Waals surface area (Å²) in [5.41, 5.74) is 1.01. The molecular weight excluding hydrogens is 286 g/mol. The summed E-state index contributed by atoms with van der Waals surface area (Å²) in [5.74, 6) is 1.97. The average Bonchev–Trinajstić information content (AvgIpc) is 2.90. The SMILES string of the molecule is CC(C)[C@@H]1CC[C@@H](C)C[C@H]1NC(=O)Cn1ncc2ccccc21. The maximum atomic E-state index is 12.5. The third kappa shape index (κ3) is 3.57. The maximum Gasteiger partial charge on any atom is 0.241 e. The second-order valence-electron chi connectivity index (χ2n) is 7.36. The normalized spacial score (nSPS) is 25.0. The van der Waals surface area contributed by atoms with E-state index in [4.69, 9.17) is 0 Å². The molecule has 1 heterocycles. The molecule has 0 bridgehead atoms. The van der Waals surface area contributed by atoms with Gasteiger partial charge in [0.15, 0.2) is 0 Å². The summed E-state index contributed by atoms with van der Waals surface area (Å²) in [6.45, 7) is 7.11. The summed E-state index contributed by atoms with van der Waals surface area (Å²) >= 11 is 0. The first-order valence-corrected chi connectivity index (χ1v) is 8.74. The van der Waals surface area contributed by atoms with Gasteiger partial charge in [-0.2, -0.15) is 5.10 Å². The Hall–Kier alpha value is -1.84. The van der Waals surface area contributed by atoms with Crippen molar-refractivity contribution in [3.05, 3.63) is 30.5 Å². The lowest BCUT2D eigenvalue weighted by Crippen LogP contribution is -2.46. The lowest BCUT2D eigenvalue weighted by Gasteiger charge is -2.37. The van der Waals surface area contributed by atoms with Gasteiger partial charge in [-0.15, -0.1) is 0 Å². The van der Waals surface area contributed by atoms with Gasteiger partial charge in [-0.25, -0.2) is 0 Å². The first-order chi connectivity index (χ1) is 11.0. The van der Waals surface area contributed by atoms with Crippen LogP contribution >= 0.6 is 0 Å². The van der Waals surface area contributed by atoms with Gasteiger partial charge < -0.3 is 5.32 Å². The highest BCUT2D eigenvalue weighted by Gasteiger charge is 2.31. The Kier molecular flexibility index (Phi) is 4.69. The summed E-state index contributed by atoms with van der Waals surface area (Å²) < 4.78 is 1.79. The van der Waals surface area contributed by atoms with Gasteiger partial charge in [0, 0.05) is 11.4 Å². The van der Waals surface area contributed by atoms with Gasteiger partial charge in [0.1, 0.15) is 6.54 Å². The molecule has 0 unspecified atom stereocenters. The zero-order chi connectivity index (χ0) is 16.4. The molecule has 0 aliphatic heterocycles. The molecule has 4 heteroatoms. The largest absolute Gasteiger partial charge is 0.351 e. The van der Waals surface area contributed by atoms with Crippen molar-refractivity contribution in [2.45, 2.75) is 52.6 Å². The quantitative estimate of drug-likeness (QED) is 0.937. The van der Waals surface area contributed by atoms with Crippen LogP contribution in [0.2, 0.25) is 0 Å². The van der Waals surface area contributed by atoms with Crippen LogP contribution in [-0.2, 0) is 11.3 Å². The lowest BCUT2D eigenvalue weighted by atomic mass is 9.74. The zero-order valence-electron chi connectivity index (χ0n) is 14.3. The van der Waals surface area contributed by atoms with Gasteiger partial charge in [0.25, 0.3) is 0 Å². The minimum absolute atomic E-state index is 0.0728. The van der Waals surface area contributed by atoms with E-state index >= 15 is 0 Å². The molecule has 23 heavy (non-hydrogen) atoms. The molecule has 1 amide bonds. The fourth-order valence-electron chi connectivity index (χ4n) is 3.91. The Balaban J connectivity index is 1.68. The summed E-state index contributed by atoms with van der Waals surface area (Å²) in [5, 5.41) is 8.71. The van der Waals surface area contributed by atoms with Crippen molar-refractivity contribution in [1.29, 1.82) is 0 Å². The Bertz CT molecular complexity index is 676. The van der Waals surface area contributed by atoms with Crippen molar-refractivity contribution in [3.8, 4) is 0 Å². The van der Waals surface area contributed by atoms with Crippen LogP contribution in [0, 0.1) is 17.8 Å². The van der Waals surface area contributed by atoms with Crippen molar-refractivity contribution < 1.29 is 4.79 Å². The molecule has 1 saturated carbocycles. The molecule has 1 aromatic carbocycles. The first-order valence-electron chi connectivity index (χ1n) is 8.74. The number of nitrogens with zero attached hydrogens (tertiary/aromatic N) is 2. The van der Waals surface area contributed by atoms with E-state index in [2.05, 4.69) is 31.2 Å². The molecule has 124 valence electrons. The van der Waals surface area contributed by atoms with E-state index in [9.17, 15) is 4.79 Å². The molecule has 0 spiro atoms. The monoisotopic (exact) mass is 313 g/mol. The minimum Gasteiger partial charge on any atom is -0.351 e. The predicted octanol–water partition coefficient (Wildman–Crippen LogP) is 3.61. The van der Waals surface area contributed by atoms with E-state index in [1.807, 2.05) is 30.5 Å². The van der Waals surface area contributed by atoms with E-state index in [0.29, 0.717) is 30.3 Å². The smallest absolute Gasteiger partial charge is 0.241 e. The summed E-state index contributed by atoms with van der Waals surface area (Å²) in [4.78, 5) is 12.5. The number of amides is 1. The molecule has 1 fully saturated rings. The number of nitrogens with one attached hydrogen (secondary N) is 1. The highest BCUT2D eigenvalue weighted by molar-refractivity contribution is 5.82. The van der Waals surface area contributed by atoms with E-state index in [1.54, 1.807) is 4.68 Å². The van der Waals surface area contributed by atoms with Crippen LogP contribution in [0.3, 0.4) is 0 Å². The molecule has 4 nitrogen and oxygen atoms in total. The highest BCUT2D eigenvalue weighted by Crippen LogP contribution is 2.33. The molecular formula is C19H27N3O. The summed E-state index contributed by atoms with van der Waals surface area (Å²) in [6.07, 6.45) is 5.41. The van der Waals surface area contributed by atoms with Crippen molar-refractivity contribution in [2.24, 2.45) is 17.8 Å². The molecule has 1 N–H and O–H groups in total. The first kappa shape index (κ1) is 16.0. The molecule has 0 saturated heterocycles. The zero-order valence-corrected chi connectivity index (χ0v) is 14.3. The van der Waals surface area contributed by atoms with Gasteiger partial charge in [-0.05, 0) is 36.7 Å². The second-order valence-corrected chi connectivity index (χ2v) is 7.36. The fourth-order valence-corrected chi connectivity index (χ4v) is 3.91. The third-order valence-corrected chi connectivity index (χ3v) is 5.21. The van der Waals surface area contributed by atoms with Crippen LogP contribution in [-0.4, -0.2) is 21.7 Å². The molecule has 1 aromatic heterocycles. The van der Waals surface area contributed by atoms with Crippen molar-refractivity contribution in [1.82, 2.24) is 15.1 Å². The van der Waals surface area contributed by atoms with Crippen LogP contribution in [0.25, 0.3) is 10.9 Å². The average molecular weight is 313 g/mol. The number of benzene rings is 1. The third-order valence-electron chi connectivity index (χ3n) is 5.21. The van der Waals surface area contributed by atoms with Gasteiger partial charge in [0.05, 0.1) is 11.7 Å². The van der Waals surface area contributed by atoms with E-state index in [0.717, 1.165) is 17.3 Å². The number of hydrogen-bond acceptors (Lipinski definition) is 2. The number of para-hydroxylation sites is 1. The Morgan fingerprint density at radius 2 is 2.13 bits per heavy atom. The summed E-state index contributed by atoms with van der Waals surface area (Å²) in [6, 6.07) is 8.30. The van der Waals surface area contributed by atoms with Crippen molar-refractivity contribution in [2.75, 3.05) is 0 Å². The van der Waals surface area contributed by atoms with Crippen LogP contribution in [0.1, 0.15) is 40.0 Å². The molecule has 1 aliphatic rings. The standard InChI is InChI=1S/C19H27N3O/c1-13(2)16-9-8-14(3)10-17(16)21-19(23)12-22-18-7-5-4-6-15(18)11-20-22/h4-7,11,13-14,16-17H,8-10,12H2,1-3H3,(H,21,23)/t14-,16+,17-/m1/s1. The van der Waals surface area contributed by atoms with Gasteiger partial charge in [-0.1, -0.05) is 45.4 Å². The van der Waals surface area contributed by atoms with Gasteiger partial charge >= 0.3 is 0 Å². The molecule has 0 radical (unpaired) electrons. The van der Waals surface area contributed by atoms with Crippen LogP contribution in [0.5, 0.6) is 0 Å². The highest BCUT2D eigenvalue weighted by atomic mass is 16.2. The molecule has 2 aromatic rings. The summed E-state index contributed by atoms with van der Waals surface area (Å²) in [7, 11) is 0. The van der Waals surface area contributed by atoms with Crippen molar-refractivity contribution in [3.63, 3.8) is 0 Å². The maximum absolute atomic E-state index is 12.5. The van der Waals surface area contributed by atoms with Crippen LogP contribution < -0.4 is 5.32 Å². The number of hydrogen-bond donors (Lipinski definition) is 1. The minimum atomic E-state index is 0.0728. The number of aromatic nitrogens is 2. The molecule has 3 rings (SSSR count). The van der Waals surface area contributed by atoms with Gasteiger partial charge in [0.2, 0.25) is 5.91 Å². The lowest BCUT2D eigenvalue weighted by molar-refractivity contribution is -0.123. The Labute approximate surface area is 138 Å². The van der Waals surface area contributed by atoms with Crippen molar-refractivity contribution >= 4 is 16.8 Å². The van der Waals surface area contributed by atoms with Gasteiger partial charge in [-0.3, -0.25) is 9.48 Å². The van der Waals surface area contributed by atoms with E-state index in [-0.39, 0.29) is 5.91 Å². The molecule has 3 atom stereocenters. The number of fused-ring (bicyclic) bond motifs is 1. The van der Waals surface area contributed by atoms with E-state index < -0.39 is 0 Å². The van der Waals surface area contributed by atoms with Crippen LogP contribution in [0.15, 0.2) is 30.5 Å². The topological polar surface area (TPSA) is 46.9 Å². The Morgan fingerprint density at radius 3 is 2.91 bits per heavy atom.